The Bertz CT molecular complexity index is 787. The molecule has 0 aliphatic carbocycles. The van der Waals surface area contributed by atoms with Crippen LogP contribution in [0.2, 0.25) is 0 Å². The van der Waals surface area contributed by atoms with Gasteiger partial charge in [-0.25, -0.2) is 14.0 Å². The molecule has 0 N–H and O–H groups in total. The molecule has 2 aliphatic rings. The van der Waals surface area contributed by atoms with Crippen molar-refractivity contribution in [1.29, 1.82) is 0 Å². The molecular formula is C20H28N4O3. The molecule has 2 aliphatic heterocycles. The van der Waals surface area contributed by atoms with Crippen LogP contribution in [0.25, 0.3) is 5.69 Å². The third-order valence-corrected chi connectivity index (χ3v) is 5.49. The summed E-state index contributed by atoms with van der Waals surface area (Å²) < 4.78 is 14.5. The van der Waals surface area contributed by atoms with Gasteiger partial charge in [-0.05, 0) is 44.5 Å². The maximum atomic E-state index is 12.6. The van der Waals surface area contributed by atoms with E-state index < -0.39 is 0 Å². The van der Waals surface area contributed by atoms with E-state index in [9.17, 15) is 4.79 Å². The zero-order valence-electron chi connectivity index (χ0n) is 15.9. The predicted octanol–water partition coefficient (Wildman–Crippen LogP) is 1.90. The number of aromatic nitrogens is 3. The number of rotatable bonds is 5. The summed E-state index contributed by atoms with van der Waals surface area (Å²) in [4.78, 5) is 15.1. The molecule has 0 atom stereocenters. The molecule has 4 rings (SSSR count). The molecule has 2 saturated heterocycles. The number of likely N-dealkylation sites (tertiary alicyclic amines) is 1. The van der Waals surface area contributed by atoms with Gasteiger partial charge in [0.2, 0.25) is 0 Å². The Balaban J connectivity index is 1.40. The molecule has 2 fully saturated rings. The van der Waals surface area contributed by atoms with Crippen LogP contribution in [0.15, 0.2) is 35.1 Å². The highest BCUT2D eigenvalue weighted by Crippen LogP contribution is 2.27. The maximum Gasteiger partial charge on any atom is 0.350 e. The smallest absolute Gasteiger partial charge is 0.350 e. The van der Waals surface area contributed by atoms with E-state index in [1.54, 1.807) is 11.6 Å². The summed E-state index contributed by atoms with van der Waals surface area (Å²) in [6.07, 6.45) is 3.89. The van der Waals surface area contributed by atoms with Gasteiger partial charge in [-0.3, -0.25) is 0 Å². The van der Waals surface area contributed by atoms with Crippen LogP contribution >= 0.6 is 0 Å². The van der Waals surface area contributed by atoms with Gasteiger partial charge in [0, 0.05) is 25.9 Å². The van der Waals surface area contributed by atoms with Crippen LogP contribution in [0.4, 0.5) is 0 Å². The number of hydrogen-bond acceptors (Lipinski definition) is 5. The van der Waals surface area contributed by atoms with Gasteiger partial charge in [0.1, 0.15) is 5.82 Å². The number of hydrogen-bond donors (Lipinski definition) is 0. The van der Waals surface area contributed by atoms with Crippen LogP contribution < -0.4 is 5.69 Å². The lowest BCUT2D eigenvalue weighted by atomic mass is 9.95. The zero-order valence-corrected chi connectivity index (χ0v) is 15.9. The summed E-state index contributed by atoms with van der Waals surface area (Å²) >= 11 is 0. The van der Waals surface area contributed by atoms with Gasteiger partial charge >= 0.3 is 5.69 Å². The van der Waals surface area contributed by atoms with Crippen LogP contribution in [0.1, 0.15) is 37.4 Å². The molecule has 1 aromatic heterocycles. The van der Waals surface area contributed by atoms with Crippen LogP contribution in [0, 0.1) is 0 Å². The number of ether oxygens (including phenoxy) is 2. The van der Waals surface area contributed by atoms with Gasteiger partial charge < -0.3 is 14.4 Å². The Morgan fingerprint density at radius 3 is 2.52 bits per heavy atom. The van der Waals surface area contributed by atoms with E-state index in [-0.39, 0.29) is 12.0 Å². The van der Waals surface area contributed by atoms with Gasteiger partial charge in [-0.1, -0.05) is 18.2 Å². The standard InChI is InChI=1S/C20H28N4O3/c1-22-20(25)24(17-6-3-2-4-7-17)19(21-22)16-8-11-23(12-9-16)13-10-18-26-14-5-15-27-18/h2-4,6-7,16,18H,5,8-15H2,1H3. The van der Waals surface area contributed by atoms with E-state index in [1.807, 2.05) is 30.3 Å². The fourth-order valence-corrected chi connectivity index (χ4v) is 3.97. The molecule has 7 heteroatoms. The molecule has 0 saturated carbocycles. The predicted molar refractivity (Wildman–Crippen MR) is 102 cm³/mol. The van der Waals surface area contributed by atoms with Crippen molar-refractivity contribution in [3.63, 3.8) is 0 Å². The fraction of sp³-hybridized carbons (Fsp3) is 0.600. The first kappa shape index (κ1) is 18.4. The summed E-state index contributed by atoms with van der Waals surface area (Å²) in [5, 5.41) is 4.56. The quantitative estimate of drug-likeness (QED) is 0.802. The number of nitrogens with zero attached hydrogens (tertiary/aromatic N) is 4. The largest absolute Gasteiger partial charge is 0.353 e. The average Bonchev–Trinajstić information content (AvgIpc) is 3.03. The number of piperidine rings is 1. The van der Waals surface area contributed by atoms with Gasteiger partial charge in [0.25, 0.3) is 0 Å². The van der Waals surface area contributed by atoms with E-state index >= 15 is 0 Å². The second kappa shape index (κ2) is 8.37. The Kier molecular flexibility index (Phi) is 5.71. The Labute approximate surface area is 159 Å². The highest BCUT2D eigenvalue weighted by Gasteiger charge is 2.27. The van der Waals surface area contributed by atoms with Crippen molar-refractivity contribution in [3.8, 4) is 5.69 Å². The average molecular weight is 372 g/mol. The summed E-state index contributed by atoms with van der Waals surface area (Å²) in [5.74, 6) is 1.19. The second-order valence-corrected chi connectivity index (χ2v) is 7.36. The second-order valence-electron chi connectivity index (χ2n) is 7.36. The molecule has 7 nitrogen and oxygen atoms in total. The van der Waals surface area contributed by atoms with Crippen LogP contribution in [-0.4, -0.2) is 58.4 Å². The van der Waals surface area contributed by atoms with Crippen molar-refractivity contribution in [1.82, 2.24) is 19.2 Å². The third kappa shape index (κ3) is 4.15. The summed E-state index contributed by atoms with van der Waals surface area (Å²) in [7, 11) is 1.73. The van der Waals surface area contributed by atoms with E-state index in [1.165, 1.54) is 4.68 Å². The lowest BCUT2D eigenvalue weighted by Gasteiger charge is -2.33. The Morgan fingerprint density at radius 2 is 1.81 bits per heavy atom. The summed E-state index contributed by atoms with van der Waals surface area (Å²) in [6.45, 7) is 4.63. The van der Waals surface area contributed by atoms with Crippen molar-refractivity contribution >= 4 is 0 Å². The molecular weight excluding hydrogens is 344 g/mol. The monoisotopic (exact) mass is 372 g/mol. The fourth-order valence-electron chi connectivity index (χ4n) is 3.97. The molecule has 27 heavy (non-hydrogen) atoms. The molecule has 2 aromatic rings. The van der Waals surface area contributed by atoms with Crippen LogP contribution in [0.3, 0.4) is 0 Å². The molecule has 0 unspecified atom stereocenters. The van der Waals surface area contributed by atoms with Crippen LogP contribution in [0.5, 0.6) is 0 Å². The van der Waals surface area contributed by atoms with Gasteiger partial charge in [-0.15, -0.1) is 0 Å². The van der Waals surface area contributed by atoms with E-state index in [0.717, 1.165) is 70.0 Å². The summed E-state index contributed by atoms with van der Waals surface area (Å²) in [6, 6.07) is 9.80. The SMILES string of the molecule is Cn1nc(C2CCN(CCC3OCCCO3)CC2)n(-c2ccccc2)c1=O. The molecule has 0 spiro atoms. The molecule has 3 heterocycles. The Morgan fingerprint density at radius 1 is 1.11 bits per heavy atom. The Hall–Kier alpha value is -1.96. The topological polar surface area (TPSA) is 61.5 Å². The van der Waals surface area contributed by atoms with E-state index in [2.05, 4.69) is 10.00 Å². The molecule has 0 bridgehead atoms. The van der Waals surface area contributed by atoms with E-state index in [4.69, 9.17) is 9.47 Å². The minimum absolute atomic E-state index is 0.0458. The normalized spacial score (nSPS) is 20.2. The first-order valence-corrected chi connectivity index (χ1v) is 9.89. The molecule has 146 valence electrons. The summed E-state index contributed by atoms with van der Waals surface area (Å²) in [5.41, 5.74) is 0.810. The van der Waals surface area contributed by atoms with Crippen molar-refractivity contribution in [2.45, 2.75) is 37.9 Å². The number of benzene rings is 1. The highest BCUT2D eigenvalue weighted by molar-refractivity contribution is 5.32. The van der Waals surface area contributed by atoms with E-state index in [0.29, 0.717) is 5.92 Å². The maximum absolute atomic E-state index is 12.6. The minimum Gasteiger partial charge on any atom is -0.353 e. The lowest BCUT2D eigenvalue weighted by molar-refractivity contribution is -0.182. The van der Waals surface area contributed by atoms with Crippen LogP contribution in [-0.2, 0) is 16.5 Å². The first-order valence-electron chi connectivity index (χ1n) is 9.89. The van der Waals surface area contributed by atoms with Crippen molar-refractivity contribution in [2.24, 2.45) is 7.05 Å². The lowest BCUT2D eigenvalue weighted by Crippen LogP contribution is -2.37. The zero-order chi connectivity index (χ0) is 18.6. The highest BCUT2D eigenvalue weighted by atomic mass is 16.7. The number of aryl methyl sites for hydroxylation is 1. The third-order valence-electron chi connectivity index (χ3n) is 5.49. The number of para-hydroxylation sites is 1. The first-order chi connectivity index (χ1) is 13.2. The minimum atomic E-state index is -0.0785. The molecule has 0 amide bonds. The van der Waals surface area contributed by atoms with Gasteiger partial charge in [-0.2, -0.15) is 5.10 Å². The molecule has 1 aromatic carbocycles. The molecule has 0 radical (unpaired) electrons. The van der Waals surface area contributed by atoms with Gasteiger partial charge in [0.05, 0.1) is 18.9 Å². The van der Waals surface area contributed by atoms with Crippen molar-refractivity contribution in [2.75, 3.05) is 32.8 Å². The van der Waals surface area contributed by atoms with Crippen molar-refractivity contribution in [3.05, 3.63) is 46.6 Å². The van der Waals surface area contributed by atoms with Crippen molar-refractivity contribution < 1.29 is 9.47 Å². The van der Waals surface area contributed by atoms with Gasteiger partial charge in [0.15, 0.2) is 6.29 Å².